The Balaban J connectivity index is 1.61. The zero-order valence-electron chi connectivity index (χ0n) is 14.2. The molecule has 1 saturated carbocycles. The summed E-state index contributed by atoms with van der Waals surface area (Å²) in [6.45, 7) is 0. The van der Waals surface area contributed by atoms with E-state index in [2.05, 4.69) is 24.3 Å². The molecule has 2 aliphatic rings. The number of carbonyl (C=O) groups excluding carboxylic acids is 1. The van der Waals surface area contributed by atoms with Crippen LogP contribution in [-0.2, 0) is 4.79 Å². The third-order valence-electron chi connectivity index (χ3n) is 5.29. The second kappa shape index (κ2) is 5.95. The molecule has 126 valence electrons. The Morgan fingerprint density at radius 3 is 1.88 bits per heavy atom. The molecule has 1 amide bonds. The normalized spacial score (nSPS) is 24.0. The van der Waals surface area contributed by atoms with Crippen molar-refractivity contribution in [2.75, 3.05) is 5.01 Å². The van der Waals surface area contributed by atoms with Crippen LogP contribution < -0.4 is 5.01 Å². The van der Waals surface area contributed by atoms with Gasteiger partial charge in [0.25, 0.3) is 5.91 Å². The number of benzene rings is 3. The summed E-state index contributed by atoms with van der Waals surface area (Å²) < 4.78 is 0. The molecule has 3 aromatic rings. The minimum atomic E-state index is -0.0367. The van der Waals surface area contributed by atoms with Crippen molar-refractivity contribution in [1.29, 1.82) is 0 Å². The SMILES string of the molecule is O=C1C2C(C(c3ccccc3)=NN1c1ccccc1)C2c1ccccc1. The first-order valence-corrected chi connectivity index (χ1v) is 8.92. The summed E-state index contributed by atoms with van der Waals surface area (Å²) in [5.74, 6) is 0.420. The first-order valence-electron chi connectivity index (χ1n) is 8.92. The minimum absolute atomic E-state index is 0.0367. The van der Waals surface area contributed by atoms with Crippen LogP contribution in [0.2, 0.25) is 0 Å². The number of hydrogen-bond donors (Lipinski definition) is 0. The van der Waals surface area contributed by atoms with E-state index in [9.17, 15) is 4.79 Å². The van der Waals surface area contributed by atoms with Crippen LogP contribution in [0.3, 0.4) is 0 Å². The fraction of sp³-hybridized carbons (Fsp3) is 0.130. The van der Waals surface area contributed by atoms with Crippen LogP contribution >= 0.6 is 0 Å². The number of para-hydroxylation sites is 1. The Morgan fingerprint density at radius 1 is 0.654 bits per heavy atom. The number of fused-ring (bicyclic) bond motifs is 1. The Bertz CT molecular complexity index is 967. The van der Waals surface area contributed by atoms with Gasteiger partial charge in [-0.25, -0.2) is 5.01 Å². The predicted molar refractivity (Wildman–Crippen MR) is 103 cm³/mol. The Labute approximate surface area is 152 Å². The molecule has 3 aromatic carbocycles. The summed E-state index contributed by atoms with van der Waals surface area (Å²) in [5.41, 5.74) is 4.14. The summed E-state index contributed by atoms with van der Waals surface area (Å²) in [7, 11) is 0. The zero-order valence-corrected chi connectivity index (χ0v) is 14.2. The molecule has 3 heteroatoms. The molecule has 1 heterocycles. The van der Waals surface area contributed by atoms with Gasteiger partial charge in [0.05, 0.1) is 17.3 Å². The number of carbonyl (C=O) groups is 1. The van der Waals surface area contributed by atoms with Gasteiger partial charge in [-0.15, -0.1) is 0 Å². The summed E-state index contributed by atoms with van der Waals surface area (Å²) in [5, 5.41) is 6.39. The van der Waals surface area contributed by atoms with Crippen LogP contribution in [0.15, 0.2) is 96.1 Å². The summed E-state index contributed by atoms with van der Waals surface area (Å²) >= 11 is 0. The molecule has 0 bridgehead atoms. The average molecular weight is 338 g/mol. The zero-order chi connectivity index (χ0) is 17.5. The molecule has 0 spiro atoms. The van der Waals surface area contributed by atoms with Gasteiger partial charge in [-0.05, 0) is 23.3 Å². The smallest absolute Gasteiger partial charge is 0.251 e. The van der Waals surface area contributed by atoms with E-state index < -0.39 is 0 Å². The molecule has 1 aliphatic heterocycles. The van der Waals surface area contributed by atoms with Crippen molar-refractivity contribution in [2.24, 2.45) is 16.9 Å². The third kappa shape index (κ3) is 2.36. The topological polar surface area (TPSA) is 32.7 Å². The van der Waals surface area contributed by atoms with E-state index in [1.807, 2.05) is 66.7 Å². The molecular weight excluding hydrogens is 320 g/mol. The number of hydrazone groups is 1. The molecule has 0 N–H and O–H groups in total. The lowest BCUT2D eigenvalue weighted by atomic mass is 10.0. The maximum Gasteiger partial charge on any atom is 0.251 e. The Kier molecular flexibility index (Phi) is 3.45. The molecule has 26 heavy (non-hydrogen) atoms. The second-order valence-corrected chi connectivity index (χ2v) is 6.82. The van der Waals surface area contributed by atoms with Gasteiger partial charge < -0.3 is 0 Å². The fourth-order valence-electron chi connectivity index (χ4n) is 4.03. The molecule has 0 aromatic heterocycles. The minimum Gasteiger partial charge on any atom is -0.272 e. The fourth-order valence-corrected chi connectivity index (χ4v) is 4.03. The van der Waals surface area contributed by atoms with Crippen LogP contribution in [0.5, 0.6) is 0 Å². The predicted octanol–water partition coefficient (Wildman–Crippen LogP) is 4.47. The molecule has 0 saturated heterocycles. The van der Waals surface area contributed by atoms with Crippen LogP contribution in [0.25, 0.3) is 0 Å². The first kappa shape index (κ1) is 15.1. The number of anilines is 1. The highest BCUT2D eigenvalue weighted by atomic mass is 16.2. The van der Waals surface area contributed by atoms with Crippen molar-refractivity contribution >= 4 is 17.3 Å². The average Bonchev–Trinajstić information content (AvgIpc) is 3.47. The van der Waals surface area contributed by atoms with Gasteiger partial charge in [0.15, 0.2) is 0 Å². The van der Waals surface area contributed by atoms with E-state index in [1.165, 1.54) is 5.56 Å². The summed E-state index contributed by atoms with van der Waals surface area (Å²) in [6, 6.07) is 30.2. The molecule has 3 nitrogen and oxygen atoms in total. The van der Waals surface area contributed by atoms with Crippen molar-refractivity contribution in [3.63, 3.8) is 0 Å². The third-order valence-corrected chi connectivity index (χ3v) is 5.29. The maximum absolute atomic E-state index is 13.1. The molecular formula is C23H18N2O. The standard InChI is InChI=1S/C23H18N2O/c26-23-21-19(16-10-4-1-5-11-16)20(21)22(17-12-6-2-7-13-17)24-25(23)18-14-8-3-9-15-18/h1-15,19-21H. The van der Waals surface area contributed by atoms with E-state index in [0.29, 0.717) is 0 Å². The van der Waals surface area contributed by atoms with Gasteiger partial charge in [-0.3, -0.25) is 4.79 Å². The van der Waals surface area contributed by atoms with Gasteiger partial charge in [-0.2, -0.15) is 5.10 Å². The Hall–Kier alpha value is -3.20. The van der Waals surface area contributed by atoms with Gasteiger partial charge >= 0.3 is 0 Å². The molecule has 1 fully saturated rings. The first-order chi connectivity index (χ1) is 12.8. The van der Waals surface area contributed by atoms with Crippen LogP contribution in [0, 0.1) is 11.8 Å². The van der Waals surface area contributed by atoms with Gasteiger partial charge in [0.2, 0.25) is 0 Å². The number of rotatable bonds is 3. The van der Waals surface area contributed by atoms with Gasteiger partial charge in [0.1, 0.15) is 0 Å². The summed E-state index contributed by atoms with van der Waals surface area (Å²) in [6.07, 6.45) is 0. The van der Waals surface area contributed by atoms with E-state index in [0.717, 1.165) is 17.0 Å². The molecule has 5 rings (SSSR count). The molecule has 0 radical (unpaired) electrons. The van der Waals surface area contributed by atoms with Crippen molar-refractivity contribution in [2.45, 2.75) is 5.92 Å². The quantitative estimate of drug-likeness (QED) is 0.693. The maximum atomic E-state index is 13.1. The molecule has 3 atom stereocenters. The number of amides is 1. The highest BCUT2D eigenvalue weighted by molar-refractivity contribution is 6.15. The van der Waals surface area contributed by atoms with Crippen LogP contribution in [-0.4, -0.2) is 11.6 Å². The van der Waals surface area contributed by atoms with E-state index in [4.69, 9.17) is 5.10 Å². The molecule has 3 unspecified atom stereocenters. The van der Waals surface area contributed by atoms with Crippen LogP contribution in [0.1, 0.15) is 17.0 Å². The van der Waals surface area contributed by atoms with Crippen molar-refractivity contribution in [3.8, 4) is 0 Å². The number of nitrogens with zero attached hydrogens (tertiary/aromatic N) is 2. The van der Waals surface area contributed by atoms with E-state index in [1.54, 1.807) is 5.01 Å². The second-order valence-electron chi connectivity index (χ2n) is 6.82. The largest absolute Gasteiger partial charge is 0.272 e. The lowest BCUT2D eigenvalue weighted by Gasteiger charge is -2.23. The lowest BCUT2D eigenvalue weighted by Crippen LogP contribution is -2.34. The highest BCUT2D eigenvalue weighted by Crippen LogP contribution is 2.58. The van der Waals surface area contributed by atoms with Gasteiger partial charge in [0, 0.05) is 11.8 Å². The molecule has 1 aliphatic carbocycles. The highest BCUT2D eigenvalue weighted by Gasteiger charge is 2.61. The van der Waals surface area contributed by atoms with E-state index >= 15 is 0 Å². The number of hydrogen-bond acceptors (Lipinski definition) is 2. The van der Waals surface area contributed by atoms with Crippen LogP contribution in [0.4, 0.5) is 5.69 Å². The van der Waals surface area contributed by atoms with Crippen molar-refractivity contribution < 1.29 is 4.79 Å². The van der Waals surface area contributed by atoms with Gasteiger partial charge in [-0.1, -0.05) is 78.9 Å². The Morgan fingerprint density at radius 2 is 1.23 bits per heavy atom. The summed E-state index contributed by atoms with van der Waals surface area (Å²) in [4.78, 5) is 13.1. The lowest BCUT2D eigenvalue weighted by molar-refractivity contribution is -0.120. The van der Waals surface area contributed by atoms with Crippen molar-refractivity contribution in [1.82, 2.24) is 0 Å². The van der Waals surface area contributed by atoms with Crippen molar-refractivity contribution in [3.05, 3.63) is 102 Å². The monoisotopic (exact) mass is 338 g/mol. The van der Waals surface area contributed by atoms with E-state index in [-0.39, 0.29) is 23.7 Å².